The van der Waals surface area contributed by atoms with Crippen LogP contribution < -0.4 is 10.2 Å². The van der Waals surface area contributed by atoms with Gasteiger partial charge in [0.05, 0.1) is 11.6 Å². The predicted octanol–water partition coefficient (Wildman–Crippen LogP) is 3.07. The summed E-state index contributed by atoms with van der Waals surface area (Å²) in [6.45, 7) is 6.19. The minimum atomic E-state index is -0.935. The number of carbonyl (C=O) groups is 2. The van der Waals surface area contributed by atoms with Crippen LogP contribution in [0.5, 0.6) is 0 Å². The van der Waals surface area contributed by atoms with Crippen LogP contribution in [0.3, 0.4) is 0 Å². The van der Waals surface area contributed by atoms with Crippen molar-refractivity contribution >= 4 is 17.6 Å². The number of hydrogen-bond acceptors (Lipinski definition) is 2. The van der Waals surface area contributed by atoms with E-state index in [9.17, 15) is 18.4 Å². The number of hydrogen-bond donors (Lipinski definition) is 1. The minimum absolute atomic E-state index is 0.102. The van der Waals surface area contributed by atoms with Crippen molar-refractivity contribution in [2.45, 2.75) is 27.2 Å². The second-order valence-electron chi connectivity index (χ2n) is 6.42. The normalized spacial score (nSPS) is 19.7. The Bertz CT molecular complexity index is 582. The van der Waals surface area contributed by atoms with Gasteiger partial charge in [0, 0.05) is 12.6 Å². The molecule has 2 rings (SSSR count). The molecule has 1 atom stereocenters. The Balaban J connectivity index is 2.32. The monoisotopic (exact) mass is 296 g/mol. The van der Waals surface area contributed by atoms with Crippen LogP contribution >= 0.6 is 0 Å². The zero-order chi connectivity index (χ0) is 15.8. The highest BCUT2D eigenvalue weighted by molar-refractivity contribution is 6.16. The fourth-order valence-electron chi connectivity index (χ4n) is 2.45. The molecule has 0 aliphatic carbocycles. The van der Waals surface area contributed by atoms with E-state index < -0.39 is 29.5 Å². The summed E-state index contributed by atoms with van der Waals surface area (Å²) >= 11 is 0. The van der Waals surface area contributed by atoms with E-state index in [4.69, 9.17) is 0 Å². The van der Waals surface area contributed by atoms with Gasteiger partial charge in [-0.05, 0) is 24.0 Å². The van der Waals surface area contributed by atoms with Crippen molar-refractivity contribution < 1.29 is 18.4 Å². The maximum absolute atomic E-state index is 13.8. The van der Waals surface area contributed by atoms with Crippen LogP contribution in [0.15, 0.2) is 18.2 Å². The Morgan fingerprint density at radius 1 is 1.29 bits per heavy atom. The number of anilines is 1. The van der Waals surface area contributed by atoms with Crippen LogP contribution in [0.25, 0.3) is 0 Å². The first-order valence-corrected chi connectivity index (χ1v) is 6.76. The molecule has 1 saturated heterocycles. The Morgan fingerprint density at radius 3 is 2.52 bits per heavy atom. The number of urea groups is 1. The summed E-state index contributed by atoms with van der Waals surface area (Å²) in [5.41, 5.74) is -0.326. The summed E-state index contributed by atoms with van der Waals surface area (Å²) < 4.78 is 26.8. The van der Waals surface area contributed by atoms with Gasteiger partial charge in [-0.25, -0.2) is 18.5 Å². The van der Waals surface area contributed by atoms with Gasteiger partial charge < -0.3 is 5.32 Å². The standard InChI is InChI=1S/C15H18F2N2O2/c1-15(2,3)7-9-8-18-14(21)19(13(9)20)12-5-4-10(16)6-11(12)17/h4-6,9H,7-8H2,1-3H3,(H,18,21). The highest BCUT2D eigenvalue weighted by Gasteiger charge is 2.38. The molecular formula is C15H18F2N2O2. The highest BCUT2D eigenvalue weighted by Crippen LogP contribution is 2.30. The molecule has 3 amide bonds. The molecular weight excluding hydrogens is 278 g/mol. The average molecular weight is 296 g/mol. The summed E-state index contributed by atoms with van der Waals surface area (Å²) in [6, 6.07) is 2.09. The molecule has 1 heterocycles. The fraction of sp³-hybridized carbons (Fsp3) is 0.467. The summed E-state index contributed by atoms with van der Waals surface area (Å²) in [5.74, 6) is -2.58. The van der Waals surface area contributed by atoms with Gasteiger partial charge in [0.25, 0.3) is 0 Å². The maximum atomic E-state index is 13.8. The van der Waals surface area contributed by atoms with E-state index in [0.29, 0.717) is 12.5 Å². The van der Waals surface area contributed by atoms with Crippen LogP contribution in [0.4, 0.5) is 19.3 Å². The first-order chi connectivity index (χ1) is 9.69. The number of rotatable bonds is 2. The second kappa shape index (κ2) is 5.42. The quantitative estimate of drug-likeness (QED) is 0.911. The molecule has 6 heteroatoms. The number of imide groups is 1. The van der Waals surface area contributed by atoms with Gasteiger partial charge in [0.15, 0.2) is 0 Å². The average Bonchev–Trinajstić information content (AvgIpc) is 2.34. The molecule has 0 saturated carbocycles. The molecule has 0 spiro atoms. The summed E-state index contributed by atoms with van der Waals surface area (Å²) in [4.78, 5) is 25.1. The summed E-state index contributed by atoms with van der Waals surface area (Å²) in [6.07, 6.45) is 0.561. The SMILES string of the molecule is CC(C)(C)CC1CNC(=O)N(c2ccc(F)cc2F)C1=O. The van der Waals surface area contributed by atoms with Crippen molar-refractivity contribution in [1.29, 1.82) is 0 Å². The molecule has 0 radical (unpaired) electrons. The van der Waals surface area contributed by atoms with E-state index in [1.165, 1.54) is 0 Å². The van der Waals surface area contributed by atoms with E-state index >= 15 is 0 Å². The Kier molecular flexibility index (Phi) is 3.98. The number of nitrogens with zero attached hydrogens (tertiary/aromatic N) is 1. The van der Waals surface area contributed by atoms with Crippen molar-refractivity contribution in [1.82, 2.24) is 5.32 Å². The van der Waals surface area contributed by atoms with E-state index in [1.54, 1.807) is 0 Å². The van der Waals surface area contributed by atoms with Crippen LogP contribution in [0, 0.1) is 23.0 Å². The minimum Gasteiger partial charge on any atom is -0.337 e. The van der Waals surface area contributed by atoms with Crippen molar-refractivity contribution in [3.63, 3.8) is 0 Å². The lowest BCUT2D eigenvalue weighted by Gasteiger charge is -2.34. The third-order valence-electron chi connectivity index (χ3n) is 3.28. The van der Waals surface area contributed by atoms with Gasteiger partial charge in [0.1, 0.15) is 11.6 Å². The molecule has 1 fully saturated rings. The molecule has 1 N–H and O–H groups in total. The molecule has 4 nitrogen and oxygen atoms in total. The molecule has 1 aliphatic heterocycles. The van der Waals surface area contributed by atoms with Gasteiger partial charge in [-0.1, -0.05) is 20.8 Å². The number of halogens is 2. The zero-order valence-electron chi connectivity index (χ0n) is 12.2. The molecule has 1 aromatic rings. The lowest BCUT2D eigenvalue weighted by Crippen LogP contribution is -2.56. The molecule has 1 aromatic carbocycles. The van der Waals surface area contributed by atoms with Gasteiger partial charge >= 0.3 is 6.03 Å². The number of amides is 3. The number of carbonyl (C=O) groups excluding carboxylic acids is 2. The third kappa shape index (κ3) is 3.37. The van der Waals surface area contributed by atoms with Crippen molar-refractivity contribution in [3.8, 4) is 0 Å². The molecule has 1 unspecified atom stereocenters. The Labute approximate surface area is 122 Å². The maximum Gasteiger partial charge on any atom is 0.328 e. The Morgan fingerprint density at radius 2 is 1.95 bits per heavy atom. The van der Waals surface area contributed by atoms with Crippen molar-refractivity contribution in [3.05, 3.63) is 29.8 Å². The van der Waals surface area contributed by atoms with E-state index in [2.05, 4.69) is 5.32 Å². The van der Waals surface area contributed by atoms with E-state index in [1.807, 2.05) is 20.8 Å². The van der Waals surface area contributed by atoms with Gasteiger partial charge in [0.2, 0.25) is 5.91 Å². The topological polar surface area (TPSA) is 49.4 Å². The van der Waals surface area contributed by atoms with Crippen LogP contribution in [0.2, 0.25) is 0 Å². The van der Waals surface area contributed by atoms with Gasteiger partial charge in [-0.15, -0.1) is 0 Å². The lowest BCUT2D eigenvalue weighted by atomic mass is 9.83. The summed E-state index contributed by atoms with van der Waals surface area (Å²) in [7, 11) is 0. The molecule has 1 aliphatic rings. The van der Waals surface area contributed by atoms with Crippen LogP contribution in [-0.4, -0.2) is 18.5 Å². The first kappa shape index (κ1) is 15.4. The molecule has 114 valence electrons. The highest BCUT2D eigenvalue weighted by atomic mass is 19.1. The van der Waals surface area contributed by atoms with Crippen LogP contribution in [0.1, 0.15) is 27.2 Å². The third-order valence-corrected chi connectivity index (χ3v) is 3.28. The van der Waals surface area contributed by atoms with Crippen molar-refractivity contribution in [2.75, 3.05) is 11.4 Å². The zero-order valence-corrected chi connectivity index (χ0v) is 12.2. The largest absolute Gasteiger partial charge is 0.337 e. The molecule has 0 aromatic heterocycles. The van der Waals surface area contributed by atoms with E-state index in [-0.39, 0.29) is 17.6 Å². The number of nitrogens with one attached hydrogen (secondary N) is 1. The van der Waals surface area contributed by atoms with Gasteiger partial charge in [-0.2, -0.15) is 0 Å². The Hall–Kier alpha value is -1.98. The first-order valence-electron chi connectivity index (χ1n) is 6.76. The predicted molar refractivity (Wildman–Crippen MR) is 74.8 cm³/mol. The van der Waals surface area contributed by atoms with Crippen molar-refractivity contribution in [2.24, 2.45) is 11.3 Å². The fourth-order valence-corrected chi connectivity index (χ4v) is 2.45. The smallest absolute Gasteiger partial charge is 0.328 e. The number of benzene rings is 1. The summed E-state index contributed by atoms with van der Waals surface area (Å²) in [5, 5.41) is 2.58. The second-order valence-corrected chi connectivity index (χ2v) is 6.42. The molecule has 21 heavy (non-hydrogen) atoms. The molecule has 0 bridgehead atoms. The van der Waals surface area contributed by atoms with E-state index in [0.717, 1.165) is 17.0 Å². The van der Waals surface area contributed by atoms with Crippen LogP contribution in [-0.2, 0) is 4.79 Å². The van der Waals surface area contributed by atoms with Gasteiger partial charge in [-0.3, -0.25) is 4.79 Å². The lowest BCUT2D eigenvalue weighted by molar-refractivity contribution is -0.123.